The molecule has 1 saturated heterocycles. The molecule has 1 atom stereocenters. The van der Waals surface area contributed by atoms with E-state index < -0.39 is 10.0 Å². The number of hydrogen-bond donors (Lipinski definition) is 1. The third-order valence-electron chi connectivity index (χ3n) is 3.49. The molecule has 1 aliphatic rings. The lowest BCUT2D eigenvalue weighted by Gasteiger charge is -2.19. The van der Waals surface area contributed by atoms with E-state index in [0.29, 0.717) is 23.2 Å². The van der Waals surface area contributed by atoms with Crippen molar-refractivity contribution < 1.29 is 13.5 Å². The number of halogens is 1. The highest BCUT2D eigenvalue weighted by Crippen LogP contribution is 2.30. The molecular weight excluding hydrogens is 350 g/mol. The molecule has 2 heterocycles. The summed E-state index contributed by atoms with van der Waals surface area (Å²) in [6.45, 7) is 1.33. The number of thiophene rings is 1. The van der Waals surface area contributed by atoms with Gasteiger partial charge in [-0.05, 0) is 59.7 Å². The summed E-state index contributed by atoms with van der Waals surface area (Å²) in [4.78, 5) is 0. The van der Waals surface area contributed by atoms with Crippen LogP contribution in [0.15, 0.2) is 20.1 Å². The fourth-order valence-corrected chi connectivity index (χ4v) is 6.07. The molecular formula is C12H18BrNO3S2. The zero-order valence-electron chi connectivity index (χ0n) is 10.6. The minimum Gasteiger partial charge on any atom is -0.396 e. The van der Waals surface area contributed by atoms with Crippen LogP contribution in [0.4, 0.5) is 0 Å². The molecule has 0 aliphatic carbocycles. The van der Waals surface area contributed by atoms with Gasteiger partial charge in [-0.1, -0.05) is 0 Å². The molecule has 4 nitrogen and oxygen atoms in total. The molecule has 0 amide bonds. The van der Waals surface area contributed by atoms with E-state index in [2.05, 4.69) is 15.9 Å². The van der Waals surface area contributed by atoms with E-state index in [1.54, 1.807) is 16.4 Å². The van der Waals surface area contributed by atoms with Crippen LogP contribution in [-0.4, -0.2) is 37.5 Å². The first-order chi connectivity index (χ1) is 9.04. The van der Waals surface area contributed by atoms with E-state index in [0.717, 1.165) is 29.5 Å². The van der Waals surface area contributed by atoms with E-state index in [-0.39, 0.29) is 6.61 Å². The van der Waals surface area contributed by atoms with Crippen molar-refractivity contribution in [2.75, 3.05) is 19.7 Å². The highest BCUT2D eigenvalue weighted by Gasteiger charge is 2.28. The second kappa shape index (κ2) is 6.67. The van der Waals surface area contributed by atoms with E-state index >= 15 is 0 Å². The summed E-state index contributed by atoms with van der Waals surface area (Å²) in [5.74, 6) is 0.445. The first kappa shape index (κ1) is 15.4. The van der Waals surface area contributed by atoms with Gasteiger partial charge in [-0.2, -0.15) is 4.31 Å². The molecule has 1 aromatic rings. The van der Waals surface area contributed by atoms with Crippen molar-refractivity contribution in [1.82, 2.24) is 4.31 Å². The van der Waals surface area contributed by atoms with Crippen molar-refractivity contribution in [2.45, 2.75) is 29.9 Å². The number of aliphatic hydroxyl groups excluding tert-OH is 1. The van der Waals surface area contributed by atoms with Gasteiger partial charge >= 0.3 is 0 Å². The second-order valence-corrected chi connectivity index (χ2v) is 9.40. The molecule has 1 unspecified atom stereocenters. The Morgan fingerprint density at radius 3 is 2.79 bits per heavy atom. The summed E-state index contributed by atoms with van der Waals surface area (Å²) in [6, 6.07) is 3.42. The summed E-state index contributed by atoms with van der Waals surface area (Å²) in [5, 5.41) is 8.98. The SMILES string of the molecule is O=S(=O)(c1ccc(Br)s1)N1CCCC(CCO)CC1. The molecule has 1 N–H and O–H groups in total. The van der Waals surface area contributed by atoms with Gasteiger partial charge in [-0.3, -0.25) is 0 Å². The molecule has 2 rings (SSSR count). The van der Waals surface area contributed by atoms with Gasteiger partial charge in [0.2, 0.25) is 0 Å². The minimum absolute atomic E-state index is 0.190. The number of nitrogens with zero attached hydrogens (tertiary/aromatic N) is 1. The van der Waals surface area contributed by atoms with E-state index in [9.17, 15) is 8.42 Å². The maximum Gasteiger partial charge on any atom is 0.252 e. The van der Waals surface area contributed by atoms with Gasteiger partial charge in [-0.25, -0.2) is 8.42 Å². The van der Waals surface area contributed by atoms with Crippen molar-refractivity contribution in [2.24, 2.45) is 5.92 Å². The zero-order chi connectivity index (χ0) is 13.9. The monoisotopic (exact) mass is 367 g/mol. The Bertz CT molecular complexity index is 515. The van der Waals surface area contributed by atoms with Crippen molar-refractivity contribution in [3.05, 3.63) is 15.9 Å². The van der Waals surface area contributed by atoms with Gasteiger partial charge in [0.05, 0.1) is 3.79 Å². The summed E-state index contributed by atoms with van der Waals surface area (Å²) >= 11 is 4.56. The third kappa shape index (κ3) is 3.78. The van der Waals surface area contributed by atoms with Crippen LogP contribution in [0, 0.1) is 5.92 Å². The molecule has 0 spiro atoms. The average molecular weight is 368 g/mol. The van der Waals surface area contributed by atoms with Gasteiger partial charge in [0.25, 0.3) is 10.0 Å². The maximum absolute atomic E-state index is 12.5. The Morgan fingerprint density at radius 2 is 2.16 bits per heavy atom. The fourth-order valence-electron chi connectivity index (χ4n) is 2.41. The molecule has 1 aromatic heterocycles. The van der Waals surface area contributed by atoms with Gasteiger partial charge in [-0.15, -0.1) is 11.3 Å². The number of rotatable bonds is 4. The number of aliphatic hydroxyl groups is 1. The normalized spacial score (nSPS) is 22.3. The van der Waals surface area contributed by atoms with Gasteiger partial charge in [0, 0.05) is 19.7 Å². The minimum atomic E-state index is -3.34. The smallest absolute Gasteiger partial charge is 0.252 e. The van der Waals surface area contributed by atoms with E-state index in [1.807, 2.05) is 0 Å². The Hall–Kier alpha value is 0.0500. The standard InChI is InChI=1S/C12H18BrNO3S2/c13-11-3-4-12(18-11)19(16,17)14-7-1-2-10(5-8-14)6-9-15/h3-4,10,15H,1-2,5-9H2. The quantitative estimate of drug-likeness (QED) is 0.889. The lowest BCUT2D eigenvalue weighted by molar-refractivity contribution is 0.248. The van der Waals surface area contributed by atoms with Crippen molar-refractivity contribution in [3.63, 3.8) is 0 Å². The summed E-state index contributed by atoms with van der Waals surface area (Å²) in [5.41, 5.74) is 0. The molecule has 108 valence electrons. The highest BCUT2D eigenvalue weighted by molar-refractivity contribution is 9.11. The molecule has 0 aromatic carbocycles. The van der Waals surface area contributed by atoms with Crippen molar-refractivity contribution in [3.8, 4) is 0 Å². The van der Waals surface area contributed by atoms with Crippen LogP contribution in [0.1, 0.15) is 25.7 Å². The van der Waals surface area contributed by atoms with Crippen LogP contribution in [0.5, 0.6) is 0 Å². The molecule has 0 saturated carbocycles. The lowest BCUT2D eigenvalue weighted by Crippen LogP contribution is -2.31. The van der Waals surface area contributed by atoms with Crippen LogP contribution in [0.2, 0.25) is 0 Å². The van der Waals surface area contributed by atoms with Gasteiger partial charge in [0.1, 0.15) is 4.21 Å². The summed E-state index contributed by atoms with van der Waals surface area (Å²) in [6.07, 6.45) is 3.49. The summed E-state index contributed by atoms with van der Waals surface area (Å²) < 4.78 is 27.8. The van der Waals surface area contributed by atoms with Gasteiger partial charge < -0.3 is 5.11 Å². The largest absolute Gasteiger partial charge is 0.396 e. The Kier molecular flexibility index (Phi) is 5.42. The zero-order valence-corrected chi connectivity index (χ0v) is 13.8. The first-order valence-electron chi connectivity index (χ1n) is 6.40. The average Bonchev–Trinajstić information content (AvgIpc) is 2.66. The van der Waals surface area contributed by atoms with Crippen LogP contribution >= 0.6 is 27.3 Å². The molecule has 0 bridgehead atoms. The van der Waals surface area contributed by atoms with Crippen LogP contribution in [0.25, 0.3) is 0 Å². The van der Waals surface area contributed by atoms with Crippen molar-refractivity contribution in [1.29, 1.82) is 0 Å². The van der Waals surface area contributed by atoms with E-state index in [1.165, 1.54) is 11.3 Å². The van der Waals surface area contributed by atoms with Crippen LogP contribution < -0.4 is 0 Å². The topological polar surface area (TPSA) is 57.6 Å². The Labute approximate surface area is 126 Å². The van der Waals surface area contributed by atoms with E-state index in [4.69, 9.17) is 5.11 Å². The molecule has 1 fully saturated rings. The third-order valence-corrected chi connectivity index (χ3v) is 7.48. The predicted molar refractivity (Wildman–Crippen MR) is 79.8 cm³/mol. The van der Waals surface area contributed by atoms with Crippen molar-refractivity contribution >= 4 is 37.3 Å². The molecule has 19 heavy (non-hydrogen) atoms. The second-order valence-electron chi connectivity index (χ2n) is 4.77. The maximum atomic E-state index is 12.5. The van der Waals surface area contributed by atoms with Crippen LogP contribution in [-0.2, 0) is 10.0 Å². The molecule has 0 radical (unpaired) electrons. The molecule has 1 aliphatic heterocycles. The fraction of sp³-hybridized carbons (Fsp3) is 0.667. The highest BCUT2D eigenvalue weighted by atomic mass is 79.9. The Morgan fingerprint density at radius 1 is 1.37 bits per heavy atom. The summed E-state index contributed by atoms with van der Waals surface area (Å²) in [7, 11) is -3.34. The predicted octanol–water partition coefficient (Wildman–Crippen LogP) is 2.68. The number of sulfonamides is 1. The molecule has 7 heteroatoms. The van der Waals surface area contributed by atoms with Gasteiger partial charge in [0.15, 0.2) is 0 Å². The first-order valence-corrected chi connectivity index (χ1v) is 9.45. The number of hydrogen-bond acceptors (Lipinski definition) is 4. The van der Waals surface area contributed by atoms with Crippen LogP contribution in [0.3, 0.4) is 0 Å². The Balaban J connectivity index is 2.09. The lowest BCUT2D eigenvalue weighted by atomic mass is 9.98.